The highest BCUT2D eigenvalue weighted by atomic mass is 19.2. The van der Waals surface area contributed by atoms with E-state index in [1.54, 1.807) is 4.90 Å². The standard InChI is InChI=1S/C18H18F2N4O/c19-14-5-4-13(10-15(14)20)18(25)24-8-6-23(7-9-24)17-11-12-2-1-3-16(12)21-22-17/h4-5,10-11H,1-3,6-9H2. The number of nitrogens with zero attached hydrogens (tertiary/aromatic N) is 4. The molecule has 0 spiro atoms. The molecule has 2 aliphatic rings. The number of fused-ring (bicyclic) bond motifs is 1. The molecule has 0 atom stereocenters. The van der Waals surface area contributed by atoms with Crippen LogP contribution in [0, 0.1) is 11.6 Å². The molecule has 25 heavy (non-hydrogen) atoms. The van der Waals surface area contributed by atoms with Crippen molar-refractivity contribution >= 4 is 11.7 Å². The van der Waals surface area contributed by atoms with Gasteiger partial charge >= 0.3 is 0 Å². The molecule has 0 bridgehead atoms. The van der Waals surface area contributed by atoms with Gasteiger partial charge in [0.05, 0.1) is 5.69 Å². The smallest absolute Gasteiger partial charge is 0.254 e. The molecular weight excluding hydrogens is 326 g/mol. The van der Waals surface area contributed by atoms with Crippen molar-refractivity contribution in [3.05, 3.63) is 52.7 Å². The zero-order valence-electron chi connectivity index (χ0n) is 13.7. The lowest BCUT2D eigenvalue weighted by Gasteiger charge is -2.35. The molecule has 5 nitrogen and oxygen atoms in total. The Morgan fingerprint density at radius 1 is 0.960 bits per heavy atom. The van der Waals surface area contributed by atoms with Gasteiger partial charge in [-0.15, -0.1) is 5.10 Å². The minimum atomic E-state index is -1.00. The van der Waals surface area contributed by atoms with Crippen LogP contribution in [0.3, 0.4) is 0 Å². The highest BCUT2D eigenvalue weighted by Gasteiger charge is 2.24. The van der Waals surface area contributed by atoms with E-state index in [2.05, 4.69) is 21.2 Å². The second-order valence-electron chi connectivity index (χ2n) is 6.44. The SMILES string of the molecule is O=C(c1ccc(F)c(F)c1)N1CCN(c2cc3c(nn2)CCC3)CC1. The zero-order valence-corrected chi connectivity index (χ0v) is 13.7. The largest absolute Gasteiger partial charge is 0.352 e. The van der Waals surface area contributed by atoms with Crippen LogP contribution in [0.4, 0.5) is 14.6 Å². The molecule has 0 N–H and O–H groups in total. The van der Waals surface area contributed by atoms with Gasteiger partial charge in [0.25, 0.3) is 5.91 Å². The summed E-state index contributed by atoms with van der Waals surface area (Å²) < 4.78 is 26.3. The zero-order chi connectivity index (χ0) is 17.4. The molecule has 2 heterocycles. The van der Waals surface area contributed by atoms with Gasteiger partial charge in [0.2, 0.25) is 0 Å². The Bertz CT molecular complexity index is 819. The molecule has 0 unspecified atom stereocenters. The molecule has 1 aliphatic heterocycles. The van der Waals surface area contributed by atoms with Crippen molar-refractivity contribution in [2.24, 2.45) is 0 Å². The number of anilines is 1. The lowest BCUT2D eigenvalue weighted by Crippen LogP contribution is -2.49. The number of hydrogen-bond donors (Lipinski definition) is 0. The molecule has 7 heteroatoms. The number of rotatable bonds is 2. The topological polar surface area (TPSA) is 49.3 Å². The van der Waals surface area contributed by atoms with Crippen LogP contribution in [-0.4, -0.2) is 47.2 Å². The van der Waals surface area contributed by atoms with Crippen LogP contribution in [0.2, 0.25) is 0 Å². The molecule has 1 amide bonds. The summed E-state index contributed by atoms with van der Waals surface area (Å²) in [5, 5.41) is 8.61. The van der Waals surface area contributed by atoms with Crippen molar-refractivity contribution in [1.29, 1.82) is 0 Å². The Balaban J connectivity index is 1.42. The molecule has 0 saturated carbocycles. The van der Waals surface area contributed by atoms with E-state index in [9.17, 15) is 13.6 Å². The normalized spacial score (nSPS) is 16.9. The fourth-order valence-electron chi connectivity index (χ4n) is 3.42. The first-order valence-corrected chi connectivity index (χ1v) is 8.46. The van der Waals surface area contributed by atoms with E-state index < -0.39 is 11.6 Å². The Morgan fingerprint density at radius 3 is 2.52 bits per heavy atom. The minimum Gasteiger partial charge on any atom is -0.352 e. The highest BCUT2D eigenvalue weighted by Crippen LogP contribution is 2.23. The maximum Gasteiger partial charge on any atom is 0.254 e. The Kier molecular flexibility index (Phi) is 4.07. The molecule has 4 rings (SSSR count). The fraction of sp³-hybridized carbons (Fsp3) is 0.389. The van der Waals surface area contributed by atoms with Crippen molar-refractivity contribution in [2.45, 2.75) is 19.3 Å². The summed E-state index contributed by atoms with van der Waals surface area (Å²) in [5.74, 6) is -1.38. The number of aromatic nitrogens is 2. The third-order valence-corrected chi connectivity index (χ3v) is 4.86. The first-order chi connectivity index (χ1) is 12.1. The molecule has 1 aromatic carbocycles. The molecular formula is C18H18F2N4O. The predicted octanol–water partition coefficient (Wildman–Crippen LogP) is 2.21. The van der Waals surface area contributed by atoms with Crippen LogP contribution < -0.4 is 4.90 Å². The number of amides is 1. The third-order valence-electron chi connectivity index (χ3n) is 4.86. The van der Waals surface area contributed by atoms with E-state index in [1.807, 2.05) is 0 Å². The van der Waals surface area contributed by atoms with Crippen LogP contribution >= 0.6 is 0 Å². The van der Waals surface area contributed by atoms with Gasteiger partial charge in [-0.2, -0.15) is 5.10 Å². The first-order valence-electron chi connectivity index (χ1n) is 8.46. The second kappa shape index (κ2) is 6.38. The average Bonchev–Trinajstić information content (AvgIpc) is 3.11. The molecule has 2 aromatic rings. The van der Waals surface area contributed by atoms with Crippen molar-refractivity contribution < 1.29 is 13.6 Å². The number of hydrogen-bond acceptors (Lipinski definition) is 4. The maximum absolute atomic E-state index is 13.3. The lowest BCUT2D eigenvalue weighted by atomic mass is 10.1. The van der Waals surface area contributed by atoms with Crippen molar-refractivity contribution in [1.82, 2.24) is 15.1 Å². The predicted molar refractivity (Wildman–Crippen MR) is 88.5 cm³/mol. The van der Waals surface area contributed by atoms with E-state index in [1.165, 1.54) is 11.6 Å². The van der Waals surface area contributed by atoms with Crippen molar-refractivity contribution in [3.8, 4) is 0 Å². The van der Waals surface area contributed by atoms with E-state index in [4.69, 9.17) is 0 Å². The summed E-state index contributed by atoms with van der Waals surface area (Å²) in [6.45, 7) is 2.30. The van der Waals surface area contributed by atoms with Gasteiger partial charge in [-0.3, -0.25) is 4.79 Å². The molecule has 130 valence electrons. The van der Waals surface area contributed by atoms with Gasteiger partial charge in [0, 0.05) is 31.7 Å². The average molecular weight is 344 g/mol. The van der Waals surface area contributed by atoms with Gasteiger partial charge in [0.15, 0.2) is 17.5 Å². The molecule has 1 fully saturated rings. The van der Waals surface area contributed by atoms with Crippen LogP contribution in [0.15, 0.2) is 24.3 Å². The number of aryl methyl sites for hydroxylation is 2. The minimum absolute atomic E-state index is 0.171. The van der Waals surface area contributed by atoms with Crippen LogP contribution in [0.25, 0.3) is 0 Å². The number of benzene rings is 1. The van der Waals surface area contributed by atoms with Crippen LogP contribution in [0.5, 0.6) is 0 Å². The van der Waals surface area contributed by atoms with E-state index in [0.717, 1.165) is 42.9 Å². The summed E-state index contributed by atoms with van der Waals surface area (Å²) in [7, 11) is 0. The highest BCUT2D eigenvalue weighted by molar-refractivity contribution is 5.94. The van der Waals surface area contributed by atoms with E-state index in [0.29, 0.717) is 26.2 Å². The number of carbonyl (C=O) groups excluding carboxylic acids is 1. The summed E-state index contributed by atoms with van der Waals surface area (Å²) in [5.41, 5.74) is 2.53. The van der Waals surface area contributed by atoms with Gasteiger partial charge in [0.1, 0.15) is 0 Å². The van der Waals surface area contributed by atoms with Crippen LogP contribution in [0.1, 0.15) is 28.0 Å². The third kappa shape index (κ3) is 3.06. The Morgan fingerprint density at radius 2 is 1.76 bits per heavy atom. The van der Waals surface area contributed by atoms with Gasteiger partial charge in [-0.25, -0.2) is 8.78 Å². The van der Waals surface area contributed by atoms with Crippen LogP contribution in [-0.2, 0) is 12.8 Å². The number of halogens is 2. The monoisotopic (exact) mass is 344 g/mol. The fourth-order valence-corrected chi connectivity index (χ4v) is 3.42. The Hall–Kier alpha value is -2.57. The second-order valence-corrected chi connectivity index (χ2v) is 6.44. The number of carbonyl (C=O) groups is 1. The first kappa shape index (κ1) is 15.9. The number of piperazine rings is 1. The lowest BCUT2D eigenvalue weighted by molar-refractivity contribution is 0.0746. The molecule has 0 radical (unpaired) electrons. The molecule has 1 aromatic heterocycles. The van der Waals surface area contributed by atoms with Gasteiger partial charge in [-0.1, -0.05) is 0 Å². The summed E-state index contributed by atoms with van der Waals surface area (Å²) in [6, 6.07) is 5.36. The molecule has 1 aliphatic carbocycles. The summed E-state index contributed by atoms with van der Waals surface area (Å²) in [6.07, 6.45) is 3.18. The van der Waals surface area contributed by atoms with E-state index in [-0.39, 0.29) is 11.5 Å². The van der Waals surface area contributed by atoms with E-state index >= 15 is 0 Å². The summed E-state index contributed by atoms with van der Waals surface area (Å²) in [4.78, 5) is 16.2. The summed E-state index contributed by atoms with van der Waals surface area (Å²) >= 11 is 0. The quantitative estimate of drug-likeness (QED) is 0.838. The van der Waals surface area contributed by atoms with Gasteiger partial charge < -0.3 is 9.80 Å². The Labute approximate surface area is 144 Å². The van der Waals surface area contributed by atoms with Crippen molar-refractivity contribution in [3.63, 3.8) is 0 Å². The molecule has 1 saturated heterocycles. The van der Waals surface area contributed by atoms with Gasteiger partial charge in [-0.05, 0) is 49.1 Å². The maximum atomic E-state index is 13.3. The van der Waals surface area contributed by atoms with Crippen molar-refractivity contribution in [2.75, 3.05) is 31.1 Å².